The van der Waals surface area contributed by atoms with Gasteiger partial charge >= 0.3 is 0 Å². The zero-order valence-corrected chi connectivity index (χ0v) is 14.8. The molecule has 8 atom stereocenters. The lowest BCUT2D eigenvalue weighted by Gasteiger charge is -2.67. The Morgan fingerprint density at radius 2 is 1.91 bits per heavy atom. The molecule has 0 aromatic carbocycles. The van der Waals surface area contributed by atoms with Crippen molar-refractivity contribution in [3.05, 3.63) is 0 Å². The van der Waals surface area contributed by atoms with Gasteiger partial charge in [0.15, 0.2) is 0 Å². The average molecular weight is 320 g/mol. The highest BCUT2D eigenvalue weighted by molar-refractivity contribution is 5.24. The molecular weight excluding hydrogens is 288 g/mol. The second-order valence-electron chi connectivity index (χ2n) is 10.5. The third-order valence-electron chi connectivity index (χ3n) is 9.33. The molecule has 8 unspecified atom stereocenters. The van der Waals surface area contributed by atoms with Crippen LogP contribution in [0.3, 0.4) is 0 Å². The fourth-order valence-corrected chi connectivity index (χ4v) is 8.64. The Morgan fingerprint density at radius 1 is 1.13 bits per heavy atom. The van der Waals surface area contributed by atoms with Gasteiger partial charge in [0, 0.05) is 5.41 Å². The lowest BCUT2D eigenvalue weighted by Crippen LogP contribution is -2.65. The minimum absolute atomic E-state index is 0.0123. The molecular formula is C20H32O3. The Bertz CT molecular complexity index is 545. The van der Waals surface area contributed by atoms with Crippen LogP contribution in [0.5, 0.6) is 0 Å². The standard InChI is InChI=1S/C20H32O3/c1-17(2)6-5-15(22)18(3)14(17)4-7-19-9-12-8-13(16(18)19)23-20(12,10-19)11-21/h12-16,21-22H,4-11H2,1-3H3. The van der Waals surface area contributed by atoms with Gasteiger partial charge in [-0.25, -0.2) is 0 Å². The van der Waals surface area contributed by atoms with Crippen molar-refractivity contribution in [3.63, 3.8) is 0 Å². The normalized spacial score (nSPS) is 62.2. The van der Waals surface area contributed by atoms with E-state index >= 15 is 0 Å². The van der Waals surface area contributed by atoms with Gasteiger partial charge in [0.05, 0.1) is 24.4 Å². The van der Waals surface area contributed by atoms with Gasteiger partial charge in [0.2, 0.25) is 0 Å². The predicted molar refractivity (Wildman–Crippen MR) is 87.8 cm³/mol. The van der Waals surface area contributed by atoms with E-state index in [1.165, 1.54) is 19.3 Å². The molecule has 3 heteroatoms. The summed E-state index contributed by atoms with van der Waals surface area (Å²) in [7, 11) is 0. The molecule has 1 spiro atoms. The van der Waals surface area contributed by atoms with E-state index in [1.807, 2.05) is 0 Å². The molecule has 2 heterocycles. The van der Waals surface area contributed by atoms with E-state index in [0.29, 0.717) is 28.6 Å². The number of aliphatic hydroxyl groups is 2. The second-order valence-corrected chi connectivity index (χ2v) is 10.5. The van der Waals surface area contributed by atoms with E-state index < -0.39 is 0 Å². The highest BCUT2D eigenvalue weighted by atomic mass is 16.5. The van der Waals surface area contributed by atoms with Gasteiger partial charge in [-0.1, -0.05) is 20.8 Å². The lowest BCUT2D eigenvalue weighted by atomic mass is 9.40. The van der Waals surface area contributed by atoms with E-state index in [-0.39, 0.29) is 29.8 Å². The van der Waals surface area contributed by atoms with Gasteiger partial charge in [0.25, 0.3) is 0 Å². The van der Waals surface area contributed by atoms with Crippen LogP contribution in [0, 0.1) is 34.0 Å². The fourth-order valence-electron chi connectivity index (χ4n) is 8.64. The van der Waals surface area contributed by atoms with Crippen LogP contribution in [0.25, 0.3) is 0 Å². The van der Waals surface area contributed by atoms with Crippen LogP contribution < -0.4 is 0 Å². The zero-order chi connectivity index (χ0) is 16.3. The summed E-state index contributed by atoms with van der Waals surface area (Å²) in [6.45, 7) is 7.41. The van der Waals surface area contributed by atoms with E-state index in [4.69, 9.17) is 4.74 Å². The van der Waals surface area contributed by atoms with Crippen molar-refractivity contribution in [3.8, 4) is 0 Å². The Balaban J connectivity index is 1.61. The van der Waals surface area contributed by atoms with Crippen molar-refractivity contribution in [2.75, 3.05) is 6.61 Å². The van der Waals surface area contributed by atoms with E-state index in [2.05, 4.69) is 20.8 Å². The predicted octanol–water partition coefficient (Wildman–Crippen LogP) is 3.13. The molecule has 2 saturated heterocycles. The van der Waals surface area contributed by atoms with Gasteiger partial charge in [-0.2, -0.15) is 0 Å². The number of fused-ring (bicyclic) bond motifs is 1. The monoisotopic (exact) mass is 320 g/mol. The quantitative estimate of drug-likeness (QED) is 0.780. The highest BCUT2D eigenvalue weighted by Crippen LogP contribution is 2.76. The molecule has 6 rings (SSSR count). The van der Waals surface area contributed by atoms with Crippen molar-refractivity contribution in [1.82, 2.24) is 0 Å². The maximum absolute atomic E-state index is 11.1. The molecule has 0 aromatic rings. The lowest BCUT2D eigenvalue weighted by molar-refractivity contribution is -0.259. The third kappa shape index (κ3) is 1.54. The Morgan fingerprint density at radius 3 is 2.61 bits per heavy atom. The molecule has 3 nitrogen and oxygen atoms in total. The van der Waals surface area contributed by atoms with Gasteiger partial charge in [-0.3, -0.25) is 0 Å². The average Bonchev–Trinajstić information content (AvgIpc) is 2.88. The highest BCUT2D eigenvalue weighted by Gasteiger charge is 2.75. The fraction of sp³-hybridized carbons (Fsp3) is 1.00. The summed E-state index contributed by atoms with van der Waals surface area (Å²) < 4.78 is 6.52. The third-order valence-corrected chi connectivity index (χ3v) is 9.33. The number of ether oxygens (including phenoxy) is 1. The summed E-state index contributed by atoms with van der Waals surface area (Å²) in [5, 5.41) is 21.1. The Kier molecular flexibility index (Phi) is 2.74. The summed E-state index contributed by atoms with van der Waals surface area (Å²) in [4.78, 5) is 0. The molecule has 4 aliphatic carbocycles. The molecule has 0 amide bonds. The first-order valence-electron chi connectivity index (χ1n) is 9.74. The van der Waals surface area contributed by atoms with Gasteiger partial charge < -0.3 is 14.9 Å². The molecule has 4 bridgehead atoms. The van der Waals surface area contributed by atoms with Crippen LogP contribution in [0.4, 0.5) is 0 Å². The number of aliphatic hydroxyl groups excluding tert-OH is 2. The van der Waals surface area contributed by atoms with Crippen molar-refractivity contribution in [1.29, 1.82) is 0 Å². The second kappa shape index (κ2) is 4.16. The molecule has 23 heavy (non-hydrogen) atoms. The maximum Gasteiger partial charge on any atom is 0.0950 e. The van der Waals surface area contributed by atoms with Gasteiger partial charge in [-0.15, -0.1) is 0 Å². The van der Waals surface area contributed by atoms with Crippen molar-refractivity contribution in [2.45, 2.75) is 83.5 Å². The summed E-state index contributed by atoms with van der Waals surface area (Å²) in [6, 6.07) is 0. The minimum atomic E-state index is -0.237. The molecule has 6 aliphatic rings. The molecule has 0 aromatic heterocycles. The Labute approximate surface area is 139 Å². The molecule has 130 valence electrons. The molecule has 0 radical (unpaired) electrons. The first-order chi connectivity index (χ1) is 10.8. The van der Waals surface area contributed by atoms with Crippen molar-refractivity contribution >= 4 is 0 Å². The summed E-state index contributed by atoms with van der Waals surface area (Å²) in [5.41, 5.74) is 0.401. The zero-order valence-electron chi connectivity index (χ0n) is 14.8. The van der Waals surface area contributed by atoms with Crippen molar-refractivity contribution < 1.29 is 14.9 Å². The summed E-state index contributed by atoms with van der Waals surface area (Å²) in [5.74, 6) is 1.64. The minimum Gasteiger partial charge on any atom is -0.393 e. The van der Waals surface area contributed by atoms with Gasteiger partial charge in [0.1, 0.15) is 0 Å². The smallest absolute Gasteiger partial charge is 0.0950 e. The van der Waals surface area contributed by atoms with E-state index in [0.717, 1.165) is 25.7 Å². The topological polar surface area (TPSA) is 49.7 Å². The van der Waals surface area contributed by atoms with Crippen LogP contribution in [-0.2, 0) is 4.74 Å². The number of rotatable bonds is 1. The molecule has 4 saturated carbocycles. The van der Waals surface area contributed by atoms with Crippen LogP contribution in [0.1, 0.15) is 65.7 Å². The van der Waals surface area contributed by atoms with E-state index in [9.17, 15) is 10.2 Å². The SMILES string of the molecule is CC1(C)CCC(O)C2(C)C1CCC13CC4CC(OC4(CO)C1)C32. The molecule has 2 aliphatic heterocycles. The number of hydrogen-bond donors (Lipinski definition) is 2. The first-order valence-corrected chi connectivity index (χ1v) is 9.74. The largest absolute Gasteiger partial charge is 0.393 e. The maximum atomic E-state index is 11.1. The molecule has 2 N–H and O–H groups in total. The van der Waals surface area contributed by atoms with Crippen molar-refractivity contribution in [2.24, 2.45) is 34.0 Å². The van der Waals surface area contributed by atoms with Crippen LogP contribution in [0.15, 0.2) is 0 Å². The summed E-state index contributed by atoms with van der Waals surface area (Å²) in [6.07, 6.45) is 8.07. The summed E-state index contributed by atoms with van der Waals surface area (Å²) >= 11 is 0. The van der Waals surface area contributed by atoms with Crippen LogP contribution >= 0.6 is 0 Å². The van der Waals surface area contributed by atoms with Crippen LogP contribution in [0.2, 0.25) is 0 Å². The van der Waals surface area contributed by atoms with E-state index in [1.54, 1.807) is 0 Å². The first kappa shape index (κ1) is 15.2. The number of hydrogen-bond acceptors (Lipinski definition) is 3. The molecule has 6 fully saturated rings. The Hall–Kier alpha value is -0.120. The van der Waals surface area contributed by atoms with Gasteiger partial charge in [-0.05, 0) is 73.5 Å². The van der Waals surface area contributed by atoms with Crippen LogP contribution in [-0.4, -0.2) is 34.6 Å².